The number of fused-ring (bicyclic) bond motifs is 3. The summed E-state index contributed by atoms with van der Waals surface area (Å²) >= 11 is 3.10. The van der Waals surface area contributed by atoms with Crippen LogP contribution in [0.4, 0.5) is 17.1 Å². The van der Waals surface area contributed by atoms with Crippen LogP contribution in [0.25, 0.3) is 32.9 Å². The second-order valence-corrected chi connectivity index (χ2v) is 13.1. The number of carbonyl (C=O) groups excluding carboxylic acids is 1. The minimum atomic E-state index is -0.611. The first-order valence-electron chi connectivity index (χ1n) is 16.4. The van der Waals surface area contributed by atoms with Crippen LogP contribution in [0.2, 0.25) is 0 Å². The van der Waals surface area contributed by atoms with Gasteiger partial charge >= 0.3 is 11.6 Å². The number of benzene rings is 5. The third-order valence-electron chi connectivity index (χ3n) is 8.66. The Bertz CT molecular complexity index is 2480. The van der Waals surface area contributed by atoms with E-state index in [0.717, 1.165) is 44.7 Å². The van der Waals surface area contributed by atoms with Gasteiger partial charge in [0.05, 0.1) is 42.1 Å². The highest BCUT2D eigenvalue weighted by atomic mass is 79.9. The Balaban J connectivity index is 0.000000189. The molecule has 15 heteroatoms. The molecular formula is C40H38BrN3O11. The normalized spacial score (nSPS) is 10.5. The number of hydrogen-bond donors (Lipinski definition) is 1. The number of non-ortho nitro benzene ring substituents is 2. The summed E-state index contributed by atoms with van der Waals surface area (Å²) in [5.74, 6) is 0.0983. The van der Waals surface area contributed by atoms with E-state index in [1.165, 1.54) is 44.0 Å². The van der Waals surface area contributed by atoms with Crippen LogP contribution in [0.15, 0.2) is 92.5 Å². The summed E-state index contributed by atoms with van der Waals surface area (Å²) in [6.45, 7) is 8.16. The van der Waals surface area contributed by atoms with Crippen LogP contribution in [-0.2, 0) is 21.1 Å². The van der Waals surface area contributed by atoms with Gasteiger partial charge in [-0.2, -0.15) is 0 Å². The average molecular weight is 817 g/mol. The molecule has 0 saturated heterocycles. The zero-order valence-corrected chi connectivity index (χ0v) is 32.6. The minimum Gasteiger partial charge on any atom is -0.496 e. The van der Waals surface area contributed by atoms with E-state index >= 15 is 0 Å². The molecule has 0 fully saturated rings. The molecule has 0 aliphatic heterocycles. The first-order chi connectivity index (χ1) is 26.1. The SMILES string of the molecule is COC(=O)c1cc([N+](=O)[O-])ccc1Br.COOCc1cc([N+](=O)[O-])ccc1-c1cc(C)c(C)cc1OC.Cc1cc2oc(=O)c3cc(N)ccc3c2cc1C. The fourth-order valence-electron chi connectivity index (χ4n) is 5.47. The molecule has 0 atom stereocenters. The van der Waals surface area contributed by atoms with Gasteiger partial charge in [-0.3, -0.25) is 20.2 Å². The number of nitrogens with two attached hydrogens (primary N) is 1. The van der Waals surface area contributed by atoms with Crippen LogP contribution < -0.4 is 16.1 Å². The highest BCUT2D eigenvalue weighted by molar-refractivity contribution is 9.10. The van der Waals surface area contributed by atoms with Crippen molar-refractivity contribution in [2.75, 3.05) is 27.1 Å². The smallest absolute Gasteiger partial charge is 0.344 e. The molecule has 6 rings (SSSR count). The number of ether oxygens (including phenoxy) is 2. The third-order valence-corrected chi connectivity index (χ3v) is 9.35. The number of nitrogen functional groups attached to an aromatic ring is 1. The molecule has 286 valence electrons. The fourth-order valence-corrected chi connectivity index (χ4v) is 5.87. The van der Waals surface area contributed by atoms with Gasteiger partial charge in [0.25, 0.3) is 11.4 Å². The molecule has 0 spiro atoms. The Morgan fingerprint density at radius 3 is 2.00 bits per heavy atom. The van der Waals surface area contributed by atoms with Crippen molar-refractivity contribution in [2.45, 2.75) is 34.3 Å². The number of nitrogens with zero attached hydrogens (tertiary/aromatic N) is 2. The number of methoxy groups -OCH3 is 2. The lowest BCUT2D eigenvalue weighted by Crippen LogP contribution is -2.03. The third kappa shape index (κ3) is 9.89. The zero-order valence-electron chi connectivity index (χ0n) is 31.1. The topological polar surface area (TPSA) is 197 Å². The number of halogens is 1. The summed E-state index contributed by atoms with van der Waals surface area (Å²) < 4.78 is 15.7. The summed E-state index contributed by atoms with van der Waals surface area (Å²) in [6.07, 6.45) is 0. The van der Waals surface area contributed by atoms with Crippen molar-refractivity contribution in [1.29, 1.82) is 0 Å². The van der Waals surface area contributed by atoms with Crippen molar-refractivity contribution >= 4 is 60.7 Å². The molecule has 1 heterocycles. The van der Waals surface area contributed by atoms with Crippen molar-refractivity contribution in [3.63, 3.8) is 0 Å². The number of nitro groups is 2. The van der Waals surface area contributed by atoms with E-state index in [9.17, 15) is 29.8 Å². The lowest BCUT2D eigenvalue weighted by molar-refractivity contribution is -0.385. The zero-order chi connectivity index (χ0) is 40.6. The standard InChI is InChI=1S/C17H19NO5.C15H13NO2.C8H6BrNO4/c1-11-7-16(17(21-3)8-12(11)2)15-6-5-14(18(19)20)9-13(15)10-23-22-4;1-8-5-12-11-4-3-10(16)7-13(11)15(17)18-14(12)6-9(8)2;1-14-8(11)6-4-5(10(12)13)2-3-7(6)9/h5-9H,10H2,1-4H3;3-7H,16H2,1-2H3;2-4H,1H3. The lowest BCUT2D eigenvalue weighted by atomic mass is 9.95. The molecule has 0 bridgehead atoms. The Morgan fingerprint density at radius 1 is 0.745 bits per heavy atom. The summed E-state index contributed by atoms with van der Waals surface area (Å²) in [7, 11) is 4.21. The van der Waals surface area contributed by atoms with Crippen molar-refractivity contribution in [3.05, 3.63) is 147 Å². The first kappa shape index (κ1) is 41.6. The minimum absolute atomic E-state index is 0.00579. The van der Waals surface area contributed by atoms with Crippen LogP contribution in [0, 0.1) is 47.9 Å². The first-order valence-corrected chi connectivity index (χ1v) is 17.2. The van der Waals surface area contributed by atoms with E-state index in [-0.39, 0.29) is 29.2 Å². The predicted molar refractivity (Wildman–Crippen MR) is 212 cm³/mol. The number of esters is 1. The summed E-state index contributed by atoms with van der Waals surface area (Å²) in [5.41, 5.74) is 13.4. The van der Waals surface area contributed by atoms with E-state index < -0.39 is 15.8 Å². The van der Waals surface area contributed by atoms with E-state index in [1.807, 2.05) is 58.0 Å². The maximum atomic E-state index is 11.9. The van der Waals surface area contributed by atoms with Crippen molar-refractivity contribution in [3.8, 4) is 16.9 Å². The highest BCUT2D eigenvalue weighted by Gasteiger charge is 2.18. The van der Waals surface area contributed by atoms with Crippen molar-refractivity contribution < 1.29 is 38.3 Å². The van der Waals surface area contributed by atoms with E-state index in [0.29, 0.717) is 32.4 Å². The molecule has 6 aromatic rings. The Labute approximate surface area is 323 Å². The van der Waals surface area contributed by atoms with Crippen LogP contribution in [-0.4, -0.2) is 37.1 Å². The number of rotatable bonds is 8. The maximum absolute atomic E-state index is 11.9. The molecule has 0 saturated carbocycles. The lowest BCUT2D eigenvalue weighted by Gasteiger charge is -2.15. The monoisotopic (exact) mass is 815 g/mol. The Hall–Kier alpha value is -6.16. The van der Waals surface area contributed by atoms with Gasteiger partial charge in [-0.1, -0.05) is 6.07 Å². The Morgan fingerprint density at radius 2 is 1.36 bits per heavy atom. The van der Waals surface area contributed by atoms with Crippen molar-refractivity contribution in [2.24, 2.45) is 0 Å². The number of aryl methyl sites for hydroxylation is 4. The Kier molecular flexibility index (Phi) is 13.8. The molecule has 14 nitrogen and oxygen atoms in total. The van der Waals surface area contributed by atoms with Gasteiger partial charge in [0.1, 0.15) is 17.9 Å². The van der Waals surface area contributed by atoms with Gasteiger partial charge < -0.3 is 19.6 Å². The summed E-state index contributed by atoms with van der Waals surface area (Å²) in [6, 6.07) is 21.8. The van der Waals surface area contributed by atoms with Gasteiger partial charge in [0, 0.05) is 50.8 Å². The fraction of sp³-hybridized carbons (Fsp3) is 0.200. The number of hydrogen-bond acceptors (Lipinski definition) is 12. The van der Waals surface area contributed by atoms with Gasteiger partial charge in [0.15, 0.2) is 0 Å². The second-order valence-electron chi connectivity index (χ2n) is 12.2. The number of carbonyl (C=O) groups is 1. The molecular weight excluding hydrogens is 778 g/mol. The molecule has 0 amide bonds. The van der Waals surface area contributed by atoms with Gasteiger partial charge in [-0.25, -0.2) is 19.4 Å². The van der Waals surface area contributed by atoms with Crippen LogP contribution in [0.5, 0.6) is 5.75 Å². The van der Waals surface area contributed by atoms with Crippen LogP contribution >= 0.6 is 15.9 Å². The highest BCUT2D eigenvalue weighted by Crippen LogP contribution is 2.36. The number of anilines is 1. The van der Waals surface area contributed by atoms with Crippen LogP contribution in [0.1, 0.15) is 38.2 Å². The van der Waals surface area contributed by atoms with Gasteiger partial charge in [-0.15, -0.1) is 0 Å². The van der Waals surface area contributed by atoms with Gasteiger partial charge in [-0.05, 0) is 126 Å². The maximum Gasteiger partial charge on any atom is 0.344 e. The summed E-state index contributed by atoms with van der Waals surface area (Å²) in [4.78, 5) is 53.1. The molecule has 5 aromatic carbocycles. The largest absolute Gasteiger partial charge is 0.496 e. The van der Waals surface area contributed by atoms with E-state index in [1.54, 1.807) is 25.3 Å². The van der Waals surface area contributed by atoms with E-state index in [4.69, 9.17) is 19.8 Å². The molecule has 0 unspecified atom stereocenters. The quantitative estimate of drug-likeness (QED) is 0.0291. The molecule has 55 heavy (non-hydrogen) atoms. The molecule has 1 aromatic heterocycles. The second kappa shape index (κ2) is 18.2. The molecule has 2 N–H and O–H groups in total. The van der Waals surface area contributed by atoms with Crippen LogP contribution in [0.3, 0.4) is 0 Å². The molecule has 0 aliphatic rings. The molecule has 0 aliphatic carbocycles. The predicted octanol–water partition coefficient (Wildman–Crippen LogP) is 9.25. The van der Waals surface area contributed by atoms with Crippen molar-refractivity contribution in [1.82, 2.24) is 0 Å². The average Bonchev–Trinajstić information content (AvgIpc) is 3.16. The van der Waals surface area contributed by atoms with E-state index in [2.05, 4.69) is 25.6 Å². The number of nitro benzene ring substituents is 2. The van der Waals surface area contributed by atoms with Gasteiger partial charge in [0.2, 0.25) is 0 Å². The molecule has 0 radical (unpaired) electrons. The summed E-state index contributed by atoms with van der Waals surface area (Å²) in [5, 5.41) is 23.8.